The minimum atomic E-state index is -4.81. The van der Waals surface area contributed by atoms with E-state index in [2.05, 4.69) is 10.1 Å². The molecule has 0 aromatic heterocycles. The average Bonchev–Trinajstić information content (AvgIpc) is 2.68. The van der Waals surface area contributed by atoms with Crippen LogP contribution in [0.25, 0.3) is 0 Å². The molecule has 1 atom stereocenters. The third kappa shape index (κ3) is 7.50. The van der Waals surface area contributed by atoms with E-state index < -0.39 is 30.0 Å². The van der Waals surface area contributed by atoms with Crippen LogP contribution in [0.1, 0.15) is 22.8 Å². The molecular formula is C21H20F3NO5. The molecule has 160 valence electrons. The first kappa shape index (κ1) is 22.8. The number of hydrogen-bond donors (Lipinski definition) is 2. The summed E-state index contributed by atoms with van der Waals surface area (Å²) in [6, 6.07) is 9.69. The molecule has 9 heteroatoms. The first-order valence-corrected chi connectivity index (χ1v) is 8.90. The van der Waals surface area contributed by atoms with E-state index in [0.717, 1.165) is 12.1 Å². The van der Waals surface area contributed by atoms with Crippen LogP contribution in [0.2, 0.25) is 0 Å². The van der Waals surface area contributed by atoms with Gasteiger partial charge in [-0.05, 0) is 48.9 Å². The number of carboxylic acid groups (broad SMARTS) is 1. The molecule has 0 saturated carbocycles. The summed E-state index contributed by atoms with van der Waals surface area (Å²) in [5, 5.41) is 11.8. The zero-order valence-corrected chi connectivity index (χ0v) is 16.0. The van der Waals surface area contributed by atoms with Crippen molar-refractivity contribution < 1.29 is 37.3 Å². The lowest BCUT2D eigenvalue weighted by atomic mass is 10.1. The van der Waals surface area contributed by atoms with E-state index in [1.165, 1.54) is 24.3 Å². The maximum absolute atomic E-state index is 12.4. The molecule has 30 heavy (non-hydrogen) atoms. The van der Waals surface area contributed by atoms with Gasteiger partial charge in [0.05, 0.1) is 0 Å². The maximum atomic E-state index is 12.4. The quantitative estimate of drug-likeness (QED) is 0.597. The van der Waals surface area contributed by atoms with Crippen molar-refractivity contribution in [2.24, 2.45) is 0 Å². The van der Waals surface area contributed by atoms with E-state index in [1.54, 1.807) is 12.1 Å². The predicted molar refractivity (Wildman–Crippen MR) is 102 cm³/mol. The number of amides is 1. The molecule has 0 aliphatic rings. The number of alkyl halides is 3. The molecule has 0 radical (unpaired) electrons. The smallest absolute Gasteiger partial charge is 0.490 e. The topological polar surface area (TPSA) is 84.9 Å². The second-order valence-corrected chi connectivity index (χ2v) is 6.16. The average molecular weight is 423 g/mol. The van der Waals surface area contributed by atoms with Gasteiger partial charge < -0.3 is 19.9 Å². The molecule has 2 aromatic carbocycles. The van der Waals surface area contributed by atoms with Crippen LogP contribution >= 0.6 is 0 Å². The third-order valence-corrected chi connectivity index (χ3v) is 3.90. The van der Waals surface area contributed by atoms with E-state index in [4.69, 9.17) is 4.74 Å². The summed E-state index contributed by atoms with van der Waals surface area (Å²) < 4.78 is 45.8. The van der Waals surface area contributed by atoms with Crippen LogP contribution in [0.3, 0.4) is 0 Å². The minimum absolute atomic E-state index is 0.113. The number of carboxylic acids is 1. The van der Waals surface area contributed by atoms with Crippen molar-refractivity contribution in [2.45, 2.75) is 25.7 Å². The normalized spacial score (nSPS) is 12.4. The molecule has 0 aliphatic heterocycles. The third-order valence-electron chi connectivity index (χ3n) is 3.90. The first-order chi connectivity index (χ1) is 14.2. The second-order valence-electron chi connectivity index (χ2n) is 6.16. The van der Waals surface area contributed by atoms with Gasteiger partial charge in [-0.15, -0.1) is 13.2 Å². The van der Waals surface area contributed by atoms with Crippen molar-refractivity contribution in [3.63, 3.8) is 0 Å². The lowest BCUT2D eigenvalue weighted by molar-refractivity contribution is -0.274. The first-order valence-electron chi connectivity index (χ1n) is 8.90. The van der Waals surface area contributed by atoms with E-state index in [1.807, 2.05) is 19.1 Å². The fraction of sp³-hybridized carbons (Fsp3) is 0.238. The molecular weight excluding hydrogens is 403 g/mol. The van der Waals surface area contributed by atoms with E-state index in [-0.39, 0.29) is 12.0 Å². The van der Waals surface area contributed by atoms with Crippen molar-refractivity contribution in [3.8, 4) is 11.5 Å². The molecule has 2 aromatic rings. The summed E-state index contributed by atoms with van der Waals surface area (Å²) in [7, 11) is 0. The number of carbonyl (C=O) groups is 2. The summed E-state index contributed by atoms with van der Waals surface area (Å²) in [5.74, 6) is -1.73. The Balaban J connectivity index is 1.99. The summed E-state index contributed by atoms with van der Waals surface area (Å²) in [4.78, 5) is 23.9. The lowest BCUT2D eigenvalue weighted by Crippen LogP contribution is -2.42. The van der Waals surface area contributed by atoms with E-state index in [9.17, 15) is 27.9 Å². The van der Waals surface area contributed by atoms with Gasteiger partial charge >= 0.3 is 12.3 Å². The Morgan fingerprint density at radius 3 is 2.20 bits per heavy atom. The van der Waals surface area contributed by atoms with Gasteiger partial charge in [0.15, 0.2) is 0 Å². The molecule has 1 amide bonds. The molecule has 0 aliphatic carbocycles. The summed E-state index contributed by atoms with van der Waals surface area (Å²) in [6.45, 7) is 2.25. The Kier molecular flexibility index (Phi) is 7.85. The van der Waals surface area contributed by atoms with E-state index >= 15 is 0 Å². The number of aliphatic carboxylic acids is 1. The number of ether oxygens (including phenoxy) is 2. The highest BCUT2D eigenvalue weighted by molar-refractivity contribution is 5.96. The highest BCUT2D eigenvalue weighted by Gasteiger charge is 2.31. The van der Waals surface area contributed by atoms with Gasteiger partial charge in [-0.25, -0.2) is 4.79 Å². The maximum Gasteiger partial charge on any atom is 0.573 e. The van der Waals surface area contributed by atoms with Gasteiger partial charge in [-0.1, -0.05) is 24.3 Å². The van der Waals surface area contributed by atoms with Crippen LogP contribution in [-0.4, -0.2) is 36.0 Å². The van der Waals surface area contributed by atoms with E-state index in [0.29, 0.717) is 17.9 Å². The van der Waals surface area contributed by atoms with Crippen LogP contribution in [0.5, 0.6) is 11.5 Å². The van der Waals surface area contributed by atoms with Gasteiger partial charge in [0.2, 0.25) is 0 Å². The number of nitrogens with one attached hydrogen (secondary N) is 1. The molecule has 0 saturated heterocycles. The fourth-order valence-electron chi connectivity index (χ4n) is 2.45. The van der Waals surface area contributed by atoms with Crippen LogP contribution in [0.4, 0.5) is 13.2 Å². The Bertz CT molecular complexity index is 877. The SMILES string of the molecule is CC=CCOc1ccc(C(=O)N[C@@H](Cc2ccc(OC(F)(F)F)cc2)C(=O)O)cc1. The van der Waals surface area contributed by atoms with Crippen LogP contribution in [-0.2, 0) is 11.2 Å². The Hall–Kier alpha value is -3.49. The minimum Gasteiger partial charge on any atom is -0.490 e. The predicted octanol–water partition coefficient (Wildman–Crippen LogP) is 3.97. The molecule has 0 fully saturated rings. The Morgan fingerprint density at radius 1 is 1.07 bits per heavy atom. The zero-order valence-electron chi connectivity index (χ0n) is 16.0. The van der Waals surface area contributed by atoms with Crippen molar-refractivity contribution >= 4 is 11.9 Å². The van der Waals surface area contributed by atoms with Gasteiger partial charge in [0.1, 0.15) is 24.1 Å². The van der Waals surface area contributed by atoms with Crippen molar-refractivity contribution in [1.29, 1.82) is 0 Å². The van der Waals surface area contributed by atoms with Crippen LogP contribution in [0, 0.1) is 0 Å². The fourth-order valence-corrected chi connectivity index (χ4v) is 2.45. The summed E-state index contributed by atoms with van der Waals surface area (Å²) in [5.41, 5.74) is 0.665. The van der Waals surface area contributed by atoms with Gasteiger partial charge in [-0.2, -0.15) is 0 Å². The molecule has 6 nitrogen and oxygen atoms in total. The Labute approximate surface area is 170 Å². The molecule has 0 unspecified atom stereocenters. The van der Waals surface area contributed by atoms with Crippen molar-refractivity contribution in [3.05, 3.63) is 71.8 Å². The van der Waals surface area contributed by atoms with Gasteiger partial charge in [-0.3, -0.25) is 4.79 Å². The number of hydrogen-bond acceptors (Lipinski definition) is 4. The zero-order chi connectivity index (χ0) is 22.1. The van der Waals surface area contributed by atoms with Crippen LogP contribution in [0.15, 0.2) is 60.7 Å². The van der Waals surface area contributed by atoms with Crippen molar-refractivity contribution in [2.75, 3.05) is 6.61 Å². The standard InChI is InChI=1S/C21H20F3NO5/c1-2-3-12-29-16-10-6-15(7-11-16)19(26)25-18(20(27)28)13-14-4-8-17(9-5-14)30-21(22,23)24/h2-11,18H,12-13H2,1H3,(H,25,26)(H,27,28)/t18-/m0/s1. The number of halogens is 3. The number of benzene rings is 2. The molecule has 2 N–H and O–H groups in total. The number of allylic oxidation sites excluding steroid dienone is 1. The van der Waals surface area contributed by atoms with Gasteiger partial charge in [0, 0.05) is 12.0 Å². The lowest BCUT2D eigenvalue weighted by Gasteiger charge is -2.15. The highest BCUT2D eigenvalue weighted by Crippen LogP contribution is 2.23. The monoisotopic (exact) mass is 423 g/mol. The summed E-state index contributed by atoms with van der Waals surface area (Å²) >= 11 is 0. The second kappa shape index (κ2) is 10.3. The largest absolute Gasteiger partial charge is 0.573 e. The molecule has 0 spiro atoms. The number of carbonyl (C=O) groups excluding carboxylic acids is 1. The highest BCUT2D eigenvalue weighted by atomic mass is 19.4. The van der Waals surface area contributed by atoms with Crippen LogP contribution < -0.4 is 14.8 Å². The molecule has 0 heterocycles. The van der Waals surface area contributed by atoms with Gasteiger partial charge in [0.25, 0.3) is 5.91 Å². The van der Waals surface area contributed by atoms with Crippen molar-refractivity contribution in [1.82, 2.24) is 5.32 Å². The molecule has 2 rings (SSSR count). The number of rotatable bonds is 9. The summed E-state index contributed by atoms with van der Waals surface area (Å²) in [6.07, 6.45) is -1.27. The Morgan fingerprint density at radius 2 is 1.67 bits per heavy atom. The molecule has 0 bridgehead atoms.